The molecule has 2 aromatic carbocycles. The summed E-state index contributed by atoms with van der Waals surface area (Å²) in [6.07, 6.45) is 10.9. The van der Waals surface area contributed by atoms with Crippen LogP contribution in [0.4, 0.5) is 17.6 Å². The number of rotatable bonds is 7. The molecule has 2 saturated carbocycles. The minimum Gasteiger partial charge on any atom is -0.403 e. The Hall–Kier alpha value is -1.78. The Morgan fingerprint density at radius 1 is 0.818 bits per heavy atom. The van der Waals surface area contributed by atoms with E-state index in [4.69, 9.17) is 0 Å². The summed E-state index contributed by atoms with van der Waals surface area (Å²) in [6, 6.07) is 7.88. The summed E-state index contributed by atoms with van der Waals surface area (Å²) in [5, 5.41) is 0.775. The van der Waals surface area contributed by atoms with E-state index in [1.54, 1.807) is 6.07 Å². The lowest BCUT2D eigenvalue weighted by Gasteiger charge is -2.38. The second kappa shape index (κ2) is 10.7. The minimum absolute atomic E-state index is 0.162. The predicted molar refractivity (Wildman–Crippen MR) is 125 cm³/mol. The standard InChI is InChI=1S/C28H36F4O/c1-2-3-19-6-11-22(12-7-19)23-13-8-20(9-14-23)4-5-21-10-16-25-24(18-21)15-17-26(27(25)29)33-28(30,31)32/h10,15-20,22-23H,2-9,11-14H2,1H3. The van der Waals surface area contributed by atoms with Gasteiger partial charge in [0, 0.05) is 5.39 Å². The van der Waals surface area contributed by atoms with Gasteiger partial charge in [0.25, 0.3) is 0 Å². The van der Waals surface area contributed by atoms with Crippen molar-refractivity contribution in [3.63, 3.8) is 0 Å². The van der Waals surface area contributed by atoms with Crippen LogP contribution in [0.25, 0.3) is 10.8 Å². The maximum atomic E-state index is 14.4. The Kier molecular flexibility index (Phi) is 7.86. The van der Waals surface area contributed by atoms with Crippen molar-refractivity contribution in [1.82, 2.24) is 0 Å². The van der Waals surface area contributed by atoms with Crippen LogP contribution in [0, 0.1) is 29.5 Å². The third-order valence-corrected chi connectivity index (χ3v) is 8.20. The molecule has 2 aromatic rings. The molecule has 0 heterocycles. The maximum Gasteiger partial charge on any atom is 0.573 e. The number of benzene rings is 2. The topological polar surface area (TPSA) is 9.23 Å². The lowest BCUT2D eigenvalue weighted by Crippen LogP contribution is -2.26. The van der Waals surface area contributed by atoms with E-state index in [0.717, 1.165) is 48.1 Å². The lowest BCUT2D eigenvalue weighted by molar-refractivity contribution is -0.275. The zero-order valence-corrected chi connectivity index (χ0v) is 19.6. The van der Waals surface area contributed by atoms with Gasteiger partial charge in [-0.05, 0) is 79.2 Å². The third-order valence-electron chi connectivity index (χ3n) is 8.20. The van der Waals surface area contributed by atoms with Crippen molar-refractivity contribution in [2.75, 3.05) is 0 Å². The van der Waals surface area contributed by atoms with Crippen LogP contribution in [-0.2, 0) is 6.42 Å². The van der Waals surface area contributed by atoms with Gasteiger partial charge >= 0.3 is 6.36 Å². The van der Waals surface area contributed by atoms with Gasteiger partial charge in [-0.15, -0.1) is 13.2 Å². The molecule has 2 aliphatic rings. The number of fused-ring (bicyclic) bond motifs is 1. The molecule has 0 aliphatic heterocycles. The molecule has 5 heteroatoms. The van der Waals surface area contributed by atoms with Gasteiger partial charge in [-0.2, -0.15) is 0 Å². The van der Waals surface area contributed by atoms with Crippen molar-refractivity contribution in [2.45, 2.75) is 90.3 Å². The van der Waals surface area contributed by atoms with E-state index in [0.29, 0.717) is 5.39 Å². The molecule has 0 atom stereocenters. The van der Waals surface area contributed by atoms with Gasteiger partial charge in [-0.25, -0.2) is 4.39 Å². The van der Waals surface area contributed by atoms with E-state index in [1.165, 1.54) is 70.3 Å². The fourth-order valence-electron chi connectivity index (χ4n) is 6.36. The predicted octanol–water partition coefficient (Wildman–Crippen LogP) is 9.22. The van der Waals surface area contributed by atoms with Crippen LogP contribution >= 0.6 is 0 Å². The van der Waals surface area contributed by atoms with Crippen molar-refractivity contribution < 1.29 is 22.3 Å². The number of ether oxygens (including phenoxy) is 1. The van der Waals surface area contributed by atoms with Crippen LogP contribution in [0.5, 0.6) is 5.75 Å². The van der Waals surface area contributed by atoms with Crippen molar-refractivity contribution in [1.29, 1.82) is 0 Å². The molecule has 0 N–H and O–H groups in total. The van der Waals surface area contributed by atoms with Crippen LogP contribution < -0.4 is 4.74 Å². The molecular weight excluding hydrogens is 428 g/mol. The largest absolute Gasteiger partial charge is 0.573 e. The fourth-order valence-corrected chi connectivity index (χ4v) is 6.36. The van der Waals surface area contributed by atoms with E-state index in [2.05, 4.69) is 11.7 Å². The number of aryl methyl sites for hydroxylation is 1. The molecule has 0 amide bonds. The SMILES string of the molecule is CCCC1CCC(C2CCC(CCc3ccc4c(F)c(OC(F)(F)F)ccc4c3)CC2)CC1. The summed E-state index contributed by atoms with van der Waals surface area (Å²) < 4.78 is 55.6. The van der Waals surface area contributed by atoms with E-state index in [1.807, 2.05) is 12.1 Å². The molecule has 2 aliphatic carbocycles. The zero-order chi connectivity index (χ0) is 23.4. The monoisotopic (exact) mass is 464 g/mol. The lowest BCUT2D eigenvalue weighted by atomic mass is 9.68. The molecule has 2 fully saturated rings. The second-order valence-electron chi connectivity index (χ2n) is 10.4. The van der Waals surface area contributed by atoms with Crippen molar-refractivity contribution in [3.8, 4) is 5.75 Å². The molecule has 182 valence electrons. The molecule has 0 unspecified atom stereocenters. The average Bonchev–Trinajstić information content (AvgIpc) is 2.80. The summed E-state index contributed by atoms with van der Waals surface area (Å²) in [6.45, 7) is 2.30. The molecule has 0 radical (unpaired) electrons. The van der Waals surface area contributed by atoms with Gasteiger partial charge in [0.15, 0.2) is 11.6 Å². The van der Waals surface area contributed by atoms with Gasteiger partial charge in [0.05, 0.1) is 0 Å². The van der Waals surface area contributed by atoms with Gasteiger partial charge < -0.3 is 4.74 Å². The summed E-state index contributed by atoms with van der Waals surface area (Å²) >= 11 is 0. The quantitative estimate of drug-likeness (QED) is 0.371. The minimum atomic E-state index is -4.90. The average molecular weight is 465 g/mol. The third kappa shape index (κ3) is 6.42. The summed E-state index contributed by atoms with van der Waals surface area (Å²) in [5.74, 6) is 1.84. The van der Waals surface area contributed by atoms with Crippen molar-refractivity contribution in [3.05, 3.63) is 41.7 Å². The highest BCUT2D eigenvalue weighted by molar-refractivity contribution is 5.85. The summed E-state index contributed by atoms with van der Waals surface area (Å²) in [5.41, 5.74) is 1.11. The Morgan fingerprint density at radius 3 is 2.00 bits per heavy atom. The van der Waals surface area contributed by atoms with Crippen LogP contribution in [0.2, 0.25) is 0 Å². The first-order valence-corrected chi connectivity index (χ1v) is 12.8. The molecule has 0 aromatic heterocycles. The summed E-state index contributed by atoms with van der Waals surface area (Å²) in [7, 11) is 0. The Labute approximate surface area is 194 Å². The normalized spacial score (nSPS) is 26.5. The highest BCUT2D eigenvalue weighted by Crippen LogP contribution is 2.43. The van der Waals surface area contributed by atoms with Crippen LogP contribution in [0.3, 0.4) is 0 Å². The number of hydrogen-bond acceptors (Lipinski definition) is 1. The molecule has 1 nitrogen and oxygen atoms in total. The maximum absolute atomic E-state index is 14.4. The van der Waals surface area contributed by atoms with Crippen LogP contribution in [-0.4, -0.2) is 6.36 Å². The van der Waals surface area contributed by atoms with E-state index in [9.17, 15) is 17.6 Å². The van der Waals surface area contributed by atoms with Crippen molar-refractivity contribution >= 4 is 10.8 Å². The zero-order valence-electron chi connectivity index (χ0n) is 19.6. The van der Waals surface area contributed by atoms with E-state index < -0.39 is 17.9 Å². The molecule has 33 heavy (non-hydrogen) atoms. The molecule has 4 rings (SSSR count). The molecule has 0 bridgehead atoms. The van der Waals surface area contributed by atoms with E-state index in [-0.39, 0.29) is 5.39 Å². The first kappa shape index (κ1) is 24.3. The fraction of sp³-hybridized carbons (Fsp3) is 0.643. The Balaban J connectivity index is 1.27. The Bertz CT molecular complexity index is 906. The first-order chi connectivity index (χ1) is 15.8. The Morgan fingerprint density at radius 2 is 1.42 bits per heavy atom. The second-order valence-corrected chi connectivity index (χ2v) is 10.4. The molecular formula is C28H36F4O. The smallest absolute Gasteiger partial charge is 0.403 e. The summed E-state index contributed by atoms with van der Waals surface area (Å²) in [4.78, 5) is 0. The molecule has 0 saturated heterocycles. The highest BCUT2D eigenvalue weighted by Gasteiger charge is 2.33. The van der Waals surface area contributed by atoms with Crippen molar-refractivity contribution in [2.24, 2.45) is 23.7 Å². The molecule has 0 spiro atoms. The van der Waals surface area contributed by atoms with Gasteiger partial charge in [0.2, 0.25) is 0 Å². The first-order valence-electron chi connectivity index (χ1n) is 12.8. The van der Waals surface area contributed by atoms with Crippen LogP contribution in [0.15, 0.2) is 30.3 Å². The van der Waals surface area contributed by atoms with Gasteiger partial charge in [-0.3, -0.25) is 0 Å². The number of hydrogen-bond donors (Lipinski definition) is 0. The highest BCUT2D eigenvalue weighted by atomic mass is 19.4. The van der Waals surface area contributed by atoms with Gasteiger partial charge in [0.1, 0.15) is 0 Å². The number of halogens is 4. The number of alkyl halides is 3. The van der Waals surface area contributed by atoms with Crippen LogP contribution in [0.1, 0.15) is 83.1 Å². The van der Waals surface area contributed by atoms with E-state index >= 15 is 0 Å². The van der Waals surface area contributed by atoms with Gasteiger partial charge in [-0.1, -0.05) is 69.7 Å².